The van der Waals surface area contributed by atoms with Crippen LogP contribution in [0.4, 0.5) is 5.69 Å². The Hall–Kier alpha value is -2.37. The predicted molar refractivity (Wildman–Crippen MR) is 68.2 cm³/mol. The summed E-state index contributed by atoms with van der Waals surface area (Å²) in [4.78, 5) is 15.9. The third kappa shape index (κ3) is 2.85. The van der Waals surface area contributed by atoms with Gasteiger partial charge in [0.15, 0.2) is 0 Å². The topological polar surface area (TPSA) is 71.8 Å². The van der Waals surface area contributed by atoms with Crippen molar-refractivity contribution in [1.29, 1.82) is 0 Å². The van der Waals surface area contributed by atoms with Crippen molar-refractivity contribution in [3.8, 4) is 0 Å². The second-order valence-electron chi connectivity index (χ2n) is 3.85. The van der Waals surface area contributed by atoms with Crippen molar-refractivity contribution in [3.05, 3.63) is 42.0 Å². The highest BCUT2D eigenvalue weighted by atomic mass is 16.1. The quantitative estimate of drug-likeness (QED) is 0.835. The molecule has 0 aliphatic carbocycles. The first-order valence-electron chi connectivity index (χ1n) is 5.59. The molecule has 0 saturated heterocycles. The van der Waals surface area contributed by atoms with Gasteiger partial charge in [0.2, 0.25) is 0 Å². The molecule has 0 saturated carbocycles. The molecule has 1 amide bonds. The average molecular weight is 245 g/mol. The SMILES string of the molecule is CNc1ccc(C(=O)NCc2ccn(C)n2)nc1. The van der Waals surface area contributed by atoms with Crippen LogP contribution in [0.3, 0.4) is 0 Å². The minimum Gasteiger partial charge on any atom is -0.387 e. The second-order valence-corrected chi connectivity index (χ2v) is 3.85. The summed E-state index contributed by atoms with van der Waals surface area (Å²) in [6, 6.07) is 5.35. The van der Waals surface area contributed by atoms with Crippen LogP contribution in [-0.4, -0.2) is 27.7 Å². The highest BCUT2D eigenvalue weighted by Crippen LogP contribution is 2.04. The second kappa shape index (κ2) is 5.31. The normalized spacial score (nSPS) is 10.1. The first-order chi connectivity index (χ1) is 8.69. The van der Waals surface area contributed by atoms with Gasteiger partial charge in [-0.1, -0.05) is 0 Å². The molecule has 94 valence electrons. The van der Waals surface area contributed by atoms with Gasteiger partial charge in [0.05, 0.1) is 24.1 Å². The van der Waals surface area contributed by atoms with E-state index in [1.54, 1.807) is 24.0 Å². The zero-order valence-corrected chi connectivity index (χ0v) is 10.3. The molecule has 18 heavy (non-hydrogen) atoms. The largest absolute Gasteiger partial charge is 0.387 e. The Morgan fingerprint density at radius 3 is 2.78 bits per heavy atom. The fourth-order valence-electron chi connectivity index (χ4n) is 1.49. The van der Waals surface area contributed by atoms with Gasteiger partial charge in [-0.25, -0.2) is 4.98 Å². The molecule has 2 N–H and O–H groups in total. The number of amides is 1. The lowest BCUT2D eigenvalue weighted by Crippen LogP contribution is -2.24. The van der Waals surface area contributed by atoms with Crippen molar-refractivity contribution >= 4 is 11.6 Å². The average Bonchev–Trinajstić information content (AvgIpc) is 2.82. The maximum Gasteiger partial charge on any atom is 0.270 e. The van der Waals surface area contributed by atoms with Gasteiger partial charge < -0.3 is 10.6 Å². The molecule has 0 atom stereocenters. The zero-order chi connectivity index (χ0) is 13.0. The number of aryl methyl sites for hydroxylation is 1. The van der Waals surface area contributed by atoms with E-state index in [0.717, 1.165) is 11.4 Å². The molecule has 2 aromatic rings. The van der Waals surface area contributed by atoms with Crippen molar-refractivity contribution in [2.75, 3.05) is 12.4 Å². The van der Waals surface area contributed by atoms with Crippen molar-refractivity contribution in [2.24, 2.45) is 7.05 Å². The van der Waals surface area contributed by atoms with Gasteiger partial charge in [-0.15, -0.1) is 0 Å². The van der Waals surface area contributed by atoms with Crippen LogP contribution < -0.4 is 10.6 Å². The molecule has 2 aromatic heterocycles. The Bertz CT molecular complexity index is 532. The summed E-state index contributed by atoms with van der Waals surface area (Å²) < 4.78 is 1.70. The minimum atomic E-state index is -0.205. The third-order valence-electron chi connectivity index (χ3n) is 2.48. The van der Waals surface area contributed by atoms with Gasteiger partial charge in [-0.2, -0.15) is 5.10 Å². The molecule has 6 nitrogen and oxygen atoms in total. The highest BCUT2D eigenvalue weighted by molar-refractivity contribution is 5.92. The monoisotopic (exact) mass is 245 g/mol. The number of rotatable bonds is 4. The summed E-state index contributed by atoms with van der Waals surface area (Å²) in [6.07, 6.45) is 3.46. The number of carbonyl (C=O) groups excluding carboxylic acids is 1. The molecule has 0 bridgehead atoms. The molecule has 0 radical (unpaired) electrons. The molecule has 6 heteroatoms. The Morgan fingerprint density at radius 2 is 2.22 bits per heavy atom. The third-order valence-corrected chi connectivity index (χ3v) is 2.48. The van der Waals surface area contributed by atoms with Crippen molar-refractivity contribution in [3.63, 3.8) is 0 Å². The number of carbonyl (C=O) groups is 1. The smallest absolute Gasteiger partial charge is 0.270 e. The van der Waals surface area contributed by atoms with Crippen LogP contribution in [0.5, 0.6) is 0 Å². The predicted octanol–water partition coefficient (Wildman–Crippen LogP) is 0.787. The molecule has 0 fully saturated rings. The zero-order valence-electron chi connectivity index (χ0n) is 10.3. The lowest BCUT2D eigenvalue weighted by Gasteiger charge is -2.04. The van der Waals surface area contributed by atoms with Gasteiger partial charge in [-0.3, -0.25) is 9.48 Å². The number of nitrogens with one attached hydrogen (secondary N) is 2. The van der Waals surface area contributed by atoms with Gasteiger partial charge >= 0.3 is 0 Å². The van der Waals surface area contributed by atoms with Crippen molar-refractivity contribution in [1.82, 2.24) is 20.1 Å². The number of aromatic nitrogens is 3. The first kappa shape index (κ1) is 12.1. The van der Waals surface area contributed by atoms with E-state index < -0.39 is 0 Å². The van der Waals surface area contributed by atoms with Crippen LogP contribution in [0.1, 0.15) is 16.2 Å². The number of anilines is 1. The number of pyridine rings is 1. The molecular weight excluding hydrogens is 230 g/mol. The van der Waals surface area contributed by atoms with Crippen LogP contribution in [-0.2, 0) is 13.6 Å². The molecule has 0 aromatic carbocycles. The summed E-state index contributed by atoms with van der Waals surface area (Å²) in [5, 5.41) is 9.89. The summed E-state index contributed by atoms with van der Waals surface area (Å²) in [5.41, 5.74) is 2.08. The Kier molecular flexibility index (Phi) is 3.57. The van der Waals surface area contributed by atoms with Crippen LogP contribution in [0.25, 0.3) is 0 Å². The van der Waals surface area contributed by atoms with Gasteiger partial charge in [-0.05, 0) is 18.2 Å². The maximum absolute atomic E-state index is 11.8. The molecule has 0 spiro atoms. The van der Waals surface area contributed by atoms with Crippen LogP contribution in [0.2, 0.25) is 0 Å². The minimum absolute atomic E-state index is 0.205. The molecule has 0 aliphatic heterocycles. The molecule has 2 rings (SSSR count). The molecule has 2 heterocycles. The van der Waals surface area contributed by atoms with Gasteiger partial charge in [0.25, 0.3) is 5.91 Å². The fraction of sp³-hybridized carbons (Fsp3) is 0.250. The summed E-state index contributed by atoms with van der Waals surface area (Å²) in [5.74, 6) is -0.205. The van der Waals surface area contributed by atoms with E-state index in [2.05, 4.69) is 20.7 Å². The van der Waals surface area contributed by atoms with E-state index in [1.807, 2.05) is 25.4 Å². The van der Waals surface area contributed by atoms with E-state index in [4.69, 9.17) is 0 Å². The standard InChI is InChI=1S/C12H15N5O/c1-13-9-3-4-11(14-7-9)12(18)15-8-10-5-6-17(2)16-10/h3-7,13H,8H2,1-2H3,(H,15,18). The number of hydrogen-bond donors (Lipinski definition) is 2. The van der Waals surface area contributed by atoms with Crippen LogP contribution >= 0.6 is 0 Å². The van der Waals surface area contributed by atoms with E-state index in [1.165, 1.54) is 0 Å². The number of hydrogen-bond acceptors (Lipinski definition) is 4. The van der Waals surface area contributed by atoms with Crippen LogP contribution in [0.15, 0.2) is 30.6 Å². The number of nitrogens with zero attached hydrogens (tertiary/aromatic N) is 3. The highest BCUT2D eigenvalue weighted by Gasteiger charge is 2.07. The summed E-state index contributed by atoms with van der Waals surface area (Å²) in [7, 11) is 3.64. The van der Waals surface area contributed by atoms with E-state index in [9.17, 15) is 4.79 Å². The lowest BCUT2D eigenvalue weighted by molar-refractivity contribution is 0.0945. The Labute approximate surface area is 105 Å². The first-order valence-corrected chi connectivity index (χ1v) is 5.59. The summed E-state index contributed by atoms with van der Waals surface area (Å²) >= 11 is 0. The van der Waals surface area contributed by atoms with Gasteiger partial charge in [0, 0.05) is 20.3 Å². The molecule has 0 aliphatic rings. The molecule has 0 unspecified atom stereocenters. The van der Waals surface area contributed by atoms with Gasteiger partial charge in [0.1, 0.15) is 5.69 Å². The molecular formula is C12H15N5O. The van der Waals surface area contributed by atoms with E-state index in [0.29, 0.717) is 12.2 Å². The summed E-state index contributed by atoms with van der Waals surface area (Å²) in [6.45, 7) is 0.398. The van der Waals surface area contributed by atoms with Crippen LogP contribution in [0, 0.1) is 0 Å². The van der Waals surface area contributed by atoms with E-state index in [-0.39, 0.29) is 5.91 Å². The Balaban J connectivity index is 1.94. The Morgan fingerprint density at radius 1 is 1.39 bits per heavy atom. The van der Waals surface area contributed by atoms with E-state index >= 15 is 0 Å². The van der Waals surface area contributed by atoms with Crippen molar-refractivity contribution < 1.29 is 4.79 Å². The fourth-order valence-corrected chi connectivity index (χ4v) is 1.49. The van der Waals surface area contributed by atoms with Crippen molar-refractivity contribution in [2.45, 2.75) is 6.54 Å². The maximum atomic E-state index is 11.8. The lowest BCUT2D eigenvalue weighted by atomic mass is 10.3.